The molecule has 0 N–H and O–H groups in total. The van der Waals surface area contributed by atoms with E-state index in [0.717, 1.165) is 17.8 Å². The highest BCUT2D eigenvalue weighted by Crippen LogP contribution is 2.50. The van der Waals surface area contributed by atoms with Gasteiger partial charge in [0.15, 0.2) is 17.4 Å². The SMILES string of the molecule is C=C1C(=C(C)P)C(=O)C2(C)CCC(C)(C)N2N1Cc1cccc(F)c1F. The largest absolute Gasteiger partial charge is 0.300 e. The average molecular weight is 378 g/mol. The van der Waals surface area contributed by atoms with Gasteiger partial charge in [-0.1, -0.05) is 18.7 Å². The molecule has 26 heavy (non-hydrogen) atoms. The molecule has 2 atom stereocenters. The number of hydrogen-bond donors (Lipinski definition) is 0. The molecule has 0 amide bonds. The van der Waals surface area contributed by atoms with Crippen molar-refractivity contribution in [3.8, 4) is 0 Å². The van der Waals surface area contributed by atoms with Gasteiger partial charge in [-0.05, 0) is 51.9 Å². The van der Waals surface area contributed by atoms with Gasteiger partial charge in [-0.3, -0.25) is 9.80 Å². The van der Waals surface area contributed by atoms with Crippen molar-refractivity contribution in [3.05, 3.63) is 58.6 Å². The molecule has 0 saturated carbocycles. The molecular formula is C20H25F2N2OP. The standard InChI is InChI=1S/C20H25F2N2OP/c1-12-16(13(2)26)18(25)20(5)10-9-19(3,4)24(20)23(12)11-14-7-6-8-15(21)17(14)22/h6-8H,1,9-11,26H2,2-5H3. The van der Waals surface area contributed by atoms with Gasteiger partial charge in [-0.15, -0.1) is 9.24 Å². The van der Waals surface area contributed by atoms with Crippen LogP contribution in [0.4, 0.5) is 8.78 Å². The molecule has 2 unspecified atom stereocenters. The molecule has 0 bridgehead atoms. The number of ketones is 1. The summed E-state index contributed by atoms with van der Waals surface area (Å²) in [6, 6.07) is 4.17. The maximum atomic E-state index is 14.3. The molecule has 2 aliphatic rings. The lowest BCUT2D eigenvalue weighted by Crippen LogP contribution is -2.65. The van der Waals surface area contributed by atoms with E-state index in [9.17, 15) is 13.6 Å². The Morgan fingerprint density at radius 3 is 2.54 bits per heavy atom. The Morgan fingerprint density at radius 1 is 1.27 bits per heavy atom. The van der Waals surface area contributed by atoms with Gasteiger partial charge in [0.25, 0.3) is 0 Å². The number of allylic oxidation sites excluding steroid dienone is 2. The smallest absolute Gasteiger partial charge is 0.187 e. The van der Waals surface area contributed by atoms with Crippen molar-refractivity contribution in [3.63, 3.8) is 0 Å². The number of hydrazine groups is 1. The summed E-state index contributed by atoms with van der Waals surface area (Å²) in [6.07, 6.45) is 1.53. The van der Waals surface area contributed by atoms with Crippen LogP contribution in [-0.4, -0.2) is 26.9 Å². The van der Waals surface area contributed by atoms with Gasteiger partial charge in [-0.2, -0.15) is 0 Å². The summed E-state index contributed by atoms with van der Waals surface area (Å²) in [4.78, 5) is 13.3. The van der Waals surface area contributed by atoms with Gasteiger partial charge < -0.3 is 0 Å². The molecule has 2 aliphatic heterocycles. The minimum atomic E-state index is -0.873. The van der Waals surface area contributed by atoms with E-state index in [0.29, 0.717) is 17.7 Å². The van der Waals surface area contributed by atoms with Crippen molar-refractivity contribution in [2.45, 2.75) is 58.2 Å². The number of halogens is 2. The number of Topliss-reactive ketones (excluding diaryl/α,β-unsaturated/α-hetero) is 1. The number of benzene rings is 1. The fraction of sp³-hybridized carbons (Fsp3) is 0.450. The second-order valence-electron chi connectivity index (χ2n) is 8.00. The summed E-state index contributed by atoms with van der Waals surface area (Å²) in [5.41, 5.74) is 0.312. The van der Waals surface area contributed by atoms with Gasteiger partial charge in [0.2, 0.25) is 0 Å². The Balaban J connectivity index is 2.14. The molecule has 2 fully saturated rings. The molecule has 0 spiro atoms. The third-order valence-corrected chi connectivity index (χ3v) is 5.86. The molecule has 2 saturated heterocycles. The predicted octanol–water partition coefficient (Wildman–Crippen LogP) is 4.56. The zero-order valence-corrected chi connectivity index (χ0v) is 16.9. The van der Waals surface area contributed by atoms with E-state index >= 15 is 0 Å². The van der Waals surface area contributed by atoms with E-state index in [1.165, 1.54) is 6.07 Å². The van der Waals surface area contributed by atoms with Crippen LogP contribution in [0.15, 0.2) is 41.4 Å². The van der Waals surface area contributed by atoms with Crippen LogP contribution < -0.4 is 0 Å². The first-order chi connectivity index (χ1) is 12.0. The fourth-order valence-corrected chi connectivity index (χ4v) is 4.58. The Morgan fingerprint density at radius 2 is 1.92 bits per heavy atom. The minimum Gasteiger partial charge on any atom is -0.300 e. The molecule has 3 rings (SSSR count). The summed E-state index contributed by atoms with van der Waals surface area (Å²) >= 11 is 0. The van der Waals surface area contributed by atoms with Gasteiger partial charge in [0.05, 0.1) is 12.2 Å². The van der Waals surface area contributed by atoms with Crippen molar-refractivity contribution in [2.75, 3.05) is 0 Å². The first-order valence-electron chi connectivity index (χ1n) is 8.72. The van der Waals surface area contributed by atoms with Crippen LogP contribution in [-0.2, 0) is 11.3 Å². The molecule has 0 radical (unpaired) electrons. The summed E-state index contributed by atoms with van der Waals surface area (Å²) in [5, 5.41) is 4.68. The number of carbonyl (C=O) groups is 1. The van der Waals surface area contributed by atoms with Crippen LogP contribution in [0.2, 0.25) is 0 Å². The number of carbonyl (C=O) groups excluding carboxylic acids is 1. The van der Waals surface area contributed by atoms with Crippen molar-refractivity contribution >= 4 is 15.0 Å². The zero-order valence-electron chi connectivity index (χ0n) is 15.7. The van der Waals surface area contributed by atoms with E-state index in [1.54, 1.807) is 6.07 Å². The lowest BCUT2D eigenvalue weighted by Gasteiger charge is -2.53. The lowest BCUT2D eigenvalue weighted by molar-refractivity contribution is -0.157. The average Bonchev–Trinajstić information content (AvgIpc) is 2.79. The number of rotatable bonds is 2. The molecule has 2 heterocycles. The van der Waals surface area contributed by atoms with Crippen molar-refractivity contribution in [1.29, 1.82) is 0 Å². The summed E-state index contributed by atoms with van der Waals surface area (Å²) < 4.78 is 28.0. The second-order valence-corrected chi connectivity index (χ2v) is 8.87. The Hall–Kier alpha value is -1.58. The highest BCUT2D eigenvalue weighted by molar-refractivity contribution is 7.22. The Kier molecular flexibility index (Phi) is 4.61. The highest BCUT2D eigenvalue weighted by atomic mass is 31.0. The number of fused-ring (bicyclic) bond motifs is 1. The second kappa shape index (κ2) is 6.24. The van der Waals surface area contributed by atoms with Gasteiger partial charge >= 0.3 is 0 Å². The predicted molar refractivity (Wildman–Crippen MR) is 102 cm³/mol. The topological polar surface area (TPSA) is 23.6 Å². The van der Waals surface area contributed by atoms with E-state index in [-0.39, 0.29) is 23.4 Å². The van der Waals surface area contributed by atoms with E-state index in [4.69, 9.17) is 0 Å². The summed E-state index contributed by atoms with van der Waals surface area (Å²) in [7, 11) is 2.57. The summed E-state index contributed by atoms with van der Waals surface area (Å²) in [5.74, 6) is -1.69. The minimum absolute atomic E-state index is 0.0385. The third-order valence-electron chi connectivity index (χ3n) is 5.57. The van der Waals surface area contributed by atoms with E-state index in [1.807, 2.05) is 23.9 Å². The van der Waals surface area contributed by atoms with Crippen LogP contribution in [0.25, 0.3) is 0 Å². The van der Waals surface area contributed by atoms with Crippen molar-refractivity contribution in [2.24, 2.45) is 0 Å². The summed E-state index contributed by atoms with van der Waals surface area (Å²) in [6.45, 7) is 12.2. The number of hydrogen-bond acceptors (Lipinski definition) is 3. The Labute approximate surface area is 155 Å². The van der Waals surface area contributed by atoms with Crippen LogP contribution in [0.1, 0.15) is 46.1 Å². The van der Waals surface area contributed by atoms with E-state index in [2.05, 4.69) is 29.7 Å². The van der Waals surface area contributed by atoms with Gasteiger partial charge in [0, 0.05) is 16.7 Å². The number of nitrogens with zero attached hydrogens (tertiary/aromatic N) is 2. The highest BCUT2D eigenvalue weighted by Gasteiger charge is 2.58. The van der Waals surface area contributed by atoms with Crippen molar-refractivity contribution < 1.29 is 13.6 Å². The Bertz CT molecular complexity index is 829. The molecular weight excluding hydrogens is 353 g/mol. The third kappa shape index (κ3) is 2.73. The molecule has 1 aromatic rings. The molecule has 6 heteroatoms. The van der Waals surface area contributed by atoms with Crippen LogP contribution in [0.3, 0.4) is 0 Å². The molecule has 140 valence electrons. The van der Waals surface area contributed by atoms with Crippen LogP contribution >= 0.6 is 9.24 Å². The quantitative estimate of drug-likeness (QED) is 0.557. The monoisotopic (exact) mass is 378 g/mol. The van der Waals surface area contributed by atoms with Crippen LogP contribution in [0, 0.1) is 11.6 Å². The van der Waals surface area contributed by atoms with E-state index < -0.39 is 17.2 Å². The maximum absolute atomic E-state index is 14.3. The molecule has 0 aliphatic carbocycles. The molecule has 0 aromatic heterocycles. The van der Waals surface area contributed by atoms with Gasteiger partial charge in [0.1, 0.15) is 5.54 Å². The lowest BCUT2D eigenvalue weighted by atomic mass is 9.85. The van der Waals surface area contributed by atoms with Gasteiger partial charge in [-0.25, -0.2) is 13.8 Å². The normalized spacial score (nSPS) is 27.7. The first kappa shape index (κ1) is 19.2. The zero-order chi connectivity index (χ0) is 19.4. The molecule has 3 nitrogen and oxygen atoms in total. The maximum Gasteiger partial charge on any atom is 0.187 e. The molecule has 1 aromatic carbocycles. The van der Waals surface area contributed by atoms with Crippen LogP contribution in [0.5, 0.6) is 0 Å². The van der Waals surface area contributed by atoms with Crippen molar-refractivity contribution in [1.82, 2.24) is 10.0 Å². The first-order valence-corrected chi connectivity index (χ1v) is 9.29. The fourth-order valence-electron chi connectivity index (χ4n) is 4.29.